The summed E-state index contributed by atoms with van der Waals surface area (Å²) in [6.45, 7) is 0. The second kappa shape index (κ2) is 6.43. The molecular weight excluding hydrogens is 311 g/mol. The summed E-state index contributed by atoms with van der Waals surface area (Å²) < 4.78 is 23.6. The molecule has 0 saturated heterocycles. The molecule has 0 aromatic heterocycles. The van der Waals surface area contributed by atoms with Crippen LogP contribution in [0.3, 0.4) is 0 Å². The van der Waals surface area contributed by atoms with Crippen molar-refractivity contribution in [2.75, 3.05) is 7.11 Å². The van der Waals surface area contributed by atoms with E-state index in [-0.39, 0.29) is 5.82 Å². The Hall–Kier alpha value is -2.69. The van der Waals surface area contributed by atoms with Gasteiger partial charge in [-0.25, -0.2) is 9.18 Å². The van der Waals surface area contributed by atoms with Crippen molar-refractivity contribution in [2.45, 2.75) is 24.7 Å². The van der Waals surface area contributed by atoms with Crippen molar-refractivity contribution in [3.05, 3.63) is 65.5 Å². The third-order valence-corrected chi connectivity index (χ3v) is 4.46. The first kappa shape index (κ1) is 16.2. The number of carbonyl (C=O) groups is 2. The number of ether oxygens (including phenoxy) is 2. The summed E-state index contributed by atoms with van der Waals surface area (Å²) in [6, 6.07) is 12.2. The molecule has 1 saturated carbocycles. The van der Waals surface area contributed by atoms with Gasteiger partial charge in [0.2, 0.25) is 0 Å². The predicted octanol–water partition coefficient (Wildman–Crippen LogP) is 3.64. The lowest BCUT2D eigenvalue weighted by Crippen LogP contribution is -2.45. The van der Waals surface area contributed by atoms with E-state index in [1.807, 2.05) is 0 Å². The van der Waals surface area contributed by atoms with Gasteiger partial charge in [0.1, 0.15) is 11.6 Å². The van der Waals surface area contributed by atoms with Crippen LogP contribution in [0.1, 0.15) is 35.2 Å². The number of hydrogen-bond acceptors (Lipinski definition) is 4. The monoisotopic (exact) mass is 328 g/mol. The van der Waals surface area contributed by atoms with E-state index in [9.17, 15) is 14.0 Å². The molecule has 2 aromatic rings. The first-order valence-electron chi connectivity index (χ1n) is 7.72. The average Bonchev–Trinajstić information content (AvgIpc) is 2.54. The molecule has 0 N–H and O–H groups in total. The molecule has 0 heterocycles. The molecule has 24 heavy (non-hydrogen) atoms. The van der Waals surface area contributed by atoms with Crippen molar-refractivity contribution in [1.82, 2.24) is 0 Å². The van der Waals surface area contributed by atoms with Gasteiger partial charge in [0.05, 0.1) is 18.1 Å². The highest BCUT2D eigenvalue weighted by atomic mass is 19.1. The quantitative estimate of drug-likeness (QED) is 0.635. The highest BCUT2D eigenvalue weighted by Crippen LogP contribution is 2.45. The van der Waals surface area contributed by atoms with Crippen LogP contribution in [0.5, 0.6) is 5.75 Å². The second-order valence-corrected chi connectivity index (χ2v) is 5.85. The Morgan fingerprint density at radius 1 is 1.08 bits per heavy atom. The van der Waals surface area contributed by atoms with Gasteiger partial charge in [-0.15, -0.1) is 0 Å². The first-order chi connectivity index (χ1) is 11.5. The number of esters is 2. The third kappa shape index (κ3) is 2.89. The van der Waals surface area contributed by atoms with Crippen LogP contribution in [0.2, 0.25) is 0 Å². The Kier molecular flexibility index (Phi) is 4.34. The van der Waals surface area contributed by atoms with Crippen LogP contribution in [0.15, 0.2) is 48.5 Å². The predicted molar refractivity (Wildman–Crippen MR) is 85.3 cm³/mol. The highest BCUT2D eigenvalue weighted by Gasteiger charge is 2.47. The van der Waals surface area contributed by atoms with Crippen molar-refractivity contribution in [3.8, 4) is 5.75 Å². The maximum absolute atomic E-state index is 13.5. The Morgan fingerprint density at radius 3 is 2.33 bits per heavy atom. The van der Waals surface area contributed by atoms with Crippen LogP contribution in [-0.4, -0.2) is 19.0 Å². The fourth-order valence-electron chi connectivity index (χ4n) is 2.91. The lowest BCUT2D eigenvalue weighted by Gasteiger charge is -2.39. The Balaban J connectivity index is 1.79. The molecule has 0 spiro atoms. The van der Waals surface area contributed by atoms with Gasteiger partial charge in [-0.3, -0.25) is 4.79 Å². The Bertz CT molecular complexity index is 763. The number of rotatable bonds is 4. The zero-order valence-electron chi connectivity index (χ0n) is 13.3. The molecule has 0 bridgehead atoms. The van der Waals surface area contributed by atoms with E-state index in [0.29, 0.717) is 29.7 Å². The summed E-state index contributed by atoms with van der Waals surface area (Å²) in [6.07, 6.45) is 2.16. The summed E-state index contributed by atoms with van der Waals surface area (Å²) >= 11 is 0. The molecule has 4 nitrogen and oxygen atoms in total. The molecule has 0 atom stereocenters. The highest BCUT2D eigenvalue weighted by molar-refractivity contribution is 5.90. The molecule has 0 radical (unpaired) electrons. The molecule has 2 aromatic carbocycles. The van der Waals surface area contributed by atoms with E-state index in [1.54, 1.807) is 24.3 Å². The minimum absolute atomic E-state index is 0.343. The molecule has 5 heteroatoms. The maximum atomic E-state index is 13.5. The smallest absolute Gasteiger partial charge is 0.337 e. The van der Waals surface area contributed by atoms with Crippen LogP contribution >= 0.6 is 0 Å². The van der Waals surface area contributed by atoms with Crippen LogP contribution in [0.25, 0.3) is 0 Å². The normalized spacial score (nSPS) is 15.2. The number of halogens is 1. The van der Waals surface area contributed by atoms with E-state index in [4.69, 9.17) is 4.74 Å². The van der Waals surface area contributed by atoms with Crippen molar-refractivity contribution >= 4 is 11.9 Å². The van der Waals surface area contributed by atoms with Gasteiger partial charge in [-0.1, -0.05) is 18.6 Å². The van der Waals surface area contributed by atoms with E-state index in [0.717, 1.165) is 6.42 Å². The van der Waals surface area contributed by atoms with Gasteiger partial charge in [-0.05, 0) is 54.8 Å². The van der Waals surface area contributed by atoms with Crippen molar-refractivity contribution < 1.29 is 23.5 Å². The summed E-state index contributed by atoms with van der Waals surface area (Å²) in [5, 5.41) is 0. The molecule has 3 rings (SSSR count). The van der Waals surface area contributed by atoms with Crippen LogP contribution in [0, 0.1) is 5.82 Å². The topological polar surface area (TPSA) is 52.6 Å². The lowest BCUT2D eigenvalue weighted by atomic mass is 9.64. The van der Waals surface area contributed by atoms with Crippen molar-refractivity contribution in [3.63, 3.8) is 0 Å². The molecule has 1 aliphatic rings. The van der Waals surface area contributed by atoms with Gasteiger partial charge in [0.25, 0.3) is 0 Å². The Morgan fingerprint density at radius 2 is 1.79 bits per heavy atom. The number of benzene rings is 2. The summed E-state index contributed by atoms with van der Waals surface area (Å²) in [5.74, 6) is -0.877. The Labute approximate surface area is 139 Å². The van der Waals surface area contributed by atoms with E-state index in [2.05, 4.69) is 4.74 Å². The molecular formula is C19H17FO4. The largest absolute Gasteiger partial charge is 0.465 e. The third-order valence-electron chi connectivity index (χ3n) is 4.46. The number of carbonyl (C=O) groups excluding carboxylic acids is 2. The fourth-order valence-corrected chi connectivity index (χ4v) is 2.91. The lowest BCUT2D eigenvalue weighted by molar-refractivity contribution is -0.144. The first-order valence-corrected chi connectivity index (χ1v) is 7.72. The summed E-state index contributed by atoms with van der Waals surface area (Å²) in [7, 11) is 1.30. The molecule has 1 fully saturated rings. The molecule has 0 amide bonds. The number of hydrogen-bond donors (Lipinski definition) is 0. The van der Waals surface area contributed by atoms with Crippen molar-refractivity contribution in [1.29, 1.82) is 0 Å². The van der Waals surface area contributed by atoms with Gasteiger partial charge >= 0.3 is 11.9 Å². The van der Waals surface area contributed by atoms with Gasteiger partial charge in [0.15, 0.2) is 0 Å². The zero-order chi connectivity index (χ0) is 17.2. The zero-order valence-corrected chi connectivity index (χ0v) is 13.3. The summed E-state index contributed by atoms with van der Waals surface area (Å²) in [4.78, 5) is 24.1. The SMILES string of the molecule is COC(=O)c1ccc(OC(=O)C2(c3cccc(F)c3)CCC2)cc1. The second-order valence-electron chi connectivity index (χ2n) is 5.85. The fraction of sp³-hybridized carbons (Fsp3) is 0.263. The van der Waals surface area contributed by atoms with E-state index >= 15 is 0 Å². The van der Waals surface area contributed by atoms with E-state index < -0.39 is 17.4 Å². The summed E-state index contributed by atoms with van der Waals surface area (Å²) in [5.41, 5.74) is 0.231. The van der Waals surface area contributed by atoms with Crippen LogP contribution < -0.4 is 4.74 Å². The maximum Gasteiger partial charge on any atom is 0.337 e. The minimum Gasteiger partial charge on any atom is -0.465 e. The van der Waals surface area contributed by atoms with Gasteiger partial charge < -0.3 is 9.47 Å². The van der Waals surface area contributed by atoms with E-state index in [1.165, 1.54) is 31.4 Å². The van der Waals surface area contributed by atoms with Gasteiger partial charge in [0, 0.05) is 0 Å². The van der Waals surface area contributed by atoms with Gasteiger partial charge in [-0.2, -0.15) is 0 Å². The molecule has 0 unspecified atom stereocenters. The van der Waals surface area contributed by atoms with Crippen molar-refractivity contribution in [2.24, 2.45) is 0 Å². The molecule has 0 aliphatic heterocycles. The van der Waals surface area contributed by atoms with Crippen LogP contribution in [-0.2, 0) is 14.9 Å². The average molecular weight is 328 g/mol. The van der Waals surface area contributed by atoms with Crippen LogP contribution in [0.4, 0.5) is 4.39 Å². The minimum atomic E-state index is -0.789. The molecule has 1 aliphatic carbocycles. The number of methoxy groups -OCH3 is 1. The standard InChI is InChI=1S/C19H17FO4/c1-23-17(21)13-6-8-16(9-7-13)24-18(22)19(10-3-11-19)14-4-2-5-15(20)12-14/h2,4-9,12H,3,10-11H2,1H3. The molecule has 124 valence electrons.